The number of hydrogen-bond acceptors (Lipinski definition) is 1. The van der Waals surface area contributed by atoms with Crippen LogP contribution in [0.1, 0.15) is 11.1 Å². The Hall–Kier alpha value is -11.1. The molecule has 17 rings (SSSR count). The molecular weight excluding hydrogens is 1050 g/mol. The van der Waals surface area contributed by atoms with Crippen LogP contribution in [-0.2, 0) is 0 Å². The van der Waals surface area contributed by atoms with Gasteiger partial charge in [-0.2, -0.15) is 0 Å². The normalized spacial score (nSPS) is 11.6. The summed E-state index contributed by atoms with van der Waals surface area (Å²) in [7, 11) is 0. The molecule has 1 heteroatoms. The minimum Gasteiger partial charge on any atom is -0.456 e. The quantitative estimate of drug-likeness (QED) is 0.145. The molecule has 0 spiro atoms. The number of aryl methyl sites for hydroxylation is 2. The zero-order chi connectivity index (χ0) is 58.0. The zero-order valence-corrected chi connectivity index (χ0v) is 48.4. The lowest BCUT2D eigenvalue weighted by molar-refractivity contribution is 0.669. The molecule has 0 aliphatic carbocycles. The lowest BCUT2D eigenvalue weighted by atomic mass is 9.84. The number of benzene rings is 16. The van der Waals surface area contributed by atoms with Crippen molar-refractivity contribution in [3.05, 3.63) is 327 Å². The van der Waals surface area contributed by atoms with Crippen molar-refractivity contribution in [3.8, 4) is 77.9 Å². The Kier molecular flexibility index (Phi) is 12.7. The first kappa shape index (κ1) is 51.5. The van der Waals surface area contributed by atoms with E-state index >= 15 is 0 Å². The maximum atomic E-state index is 6.11. The molecule has 0 saturated carbocycles. The van der Waals surface area contributed by atoms with Crippen LogP contribution in [0.2, 0.25) is 0 Å². The number of rotatable bonds is 7. The van der Waals surface area contributed by atoms with E-state index in [1.807, 2.05) is 12.1 Å². The van der Waals surface area contributed by atoms with Crippen LogP contribution in [0.3, 0.4) is 0 Å². The van der Waals surface area contributed by atoms with E-state index in [1.54, 1.807) is 0 Å². The summed E-state index contributed by atoms with van der Waals surface area (Å²) < 4.78 is 6.11. The summed E-state index contributed by atoms with van der Waals surface area (Å²) in [5.41, 5.74) is 22.0. The van der Waals surface area contributed by atoms with Crippen molar-refractivity contribution in [3.63, 3.8) is 0 Å². The largest absolute Gasteiger partial charge is 0.456 e. The van der Waals surface area contributed by atoms with E-state index < -0.39 is 0 Å². The number of hydrogen-bond donors (Lipinski definition) is 0. The third kappa shape index (κ3) is 8.94. The topological polar surface area (TPSA) is 13.1 Å². The van der Waals surface area contributed by atoms with Gasteiger partial charge in [0.2, 0.25) is 0 Å². The standard InChI is InChI=1S/C44H32.C42H26O/c1-29-12-3-5-15-35(29)42-28-34(23-22-30(42)2)31-24-26-33(27-25-31)43-38-17-7-9-19-40(38)44(41-20-10-8-18-39(41)43)37-21-11-14-32-13-4-6-16-36(32)37;1-2-15-31-27(11-1)12-10-21-33(31)42-36-19-5-3-17-34(36)41(35-18-4-6-20-37(35)42)30-14-9-13-28(25-30)29-23-24-40-38(26-29)32-16-7-8-22-39(32)43-40/h3-28H,1-2H3;1-26H. The predicted molar refractivity (Wildman–Crippen MR) is 373 cm³/mol. The smallest absolute Gasteiger partial charge is 0.135 e. The highest BCUT2D eigenvalue weighted by Crippen LogP contribution is 2.48. The van der Waals surface area contributed by atoms with Crippen LogP contribution >= 0.6 is 0 Å². The lowest BCUT2D eigenvalue weighted by Crippen LogP contribution is -1.92. The Bertz CT molecular complexity index is 5420. The highest BCUT2D eigenvalue weighted by molar-refractivity contribution is 6.25. The Morgan fingerprint density at radius 3 is 1.10 bits per heavy atom. The SMILES string of the molecule is Cc1ccccc1-c1cc(-c2ccc(-c3c4ccccc4c(-c4cccc5ccccc45)c4ccccc34)cc2)ccc1C.c1cc(-c2ccc3oc4ccccc4c3c2)cc(-c2c3ccccc3c(-c3cccc4ccccc34)c3ccccc23)c1. The third-order valence-corrected chi connectivity index (χ3v) is 18.0. The number of fused-ring (bicyclic) bond motifs is 9. The van der Waals surface area contributed by atoms with Gasteiger partial charge in [0.15, 0.2) is 0 Å². The van der Waals surface area contributed by atoms with Crippen molar-refractivity contribution in [2.24, 2.45) is 0 Å². The van der Waals surface area contributed by atoms with Gasteiger partial charge in [-0.15, -0.1) is 0 Å². The van der Waals surface area contributed by atoms with Crippen LogP contribution in [0, 0.1) is 13.8 Å². The fourth-order valence-corrected chi connectivity index (χ4v) is 13.9. The van der Waals surface area contributed by atoms with Gasteiger partial charge in [-0.1, -0.05) is 285 Å². The molecule has 0 radical (unpaired) electrons. The Morgan fingerprint density at radius 1 is 0.184 bits per heavy atom. The molecule has 1 aromatic heterocycles. The summed E-state index contributed by atoms with van der Waals surface area (Å²) in [4.78, 5) is 0. The zero-order valence-electron chi connectivity index (χ0n) is 48.4. The first-order chi connectivity index (χ1) is 43.0. The van der Waals surface area contributed by atoms with Gasteiger partial charge in [0.05, 0.1) is 0 Å². The molecule has 0 aliphatic heterocycles. The van der Waals surface area contributed by atoms with Gasteiger partial charge < -0.3 is 4.42 Å². The lowest BCUT2D eigenvalue weighted by Gasteiger charge is -2.19. The molecule has 0 aliphatic rings. The molecule has 0 N–H and O–H groups in total. The maximum Gasteiger partial charge on any atom is 0.135 e. The first-order valence-electron chi connectivity index (χ1n) is 30.1. The molecule has 1 nitrogen and oxygen atoms in total. The van der Waals surface area contributed by atoms with Gasteiger partial charge >= 0.3 is 0 Å². The molecule has 408 valence electrons. The second-order valence-electron chi connectivity index (χ2n) is 23.0. The van der Waals surface area contributed by atoms with Crippen molar-refractivity contribution >= 4 is 86.6 Å². The van der Waals surface area contributed by atoms with E-state index in [4.69, 9.17) is 4.42 Å². The van der Waals surface area contributed by atoms with Crippen LogP contribution in [0.15, 0.2) is 320 Å². The summed E-state index contributed by atoms with van der Waals surface area (Å²) in [6.45, 7) is 4.39. The van der Waals surface area contributed by atoms with Crippen LogP contribution < -0.4 is 0 Å². The summed E-state index contributed by atoms with van der Waals surface area (Å²) >= 11 is 0. The molecule has 0 unspecified atom stereocenters. The van der Waals surface area contributed by atoms with Gasteiger partial charge in [-0.25, -0.2) is 0 Å². The van der Waals surface area contributed by atoms with Crippen molar-refractivity contribution in [1.82, 2.24) is 0 Å². The minimum atomic E-state index is 0.919. The summed E-state index contributed by atoms with van der Waals surface area (Å²) in [6.07, 6.45) is 0. The molecule has 0 amide bonds. The highest BCUT2D eigenvalue weighted by Gasteiger charge is 2.21. The molecule has 0 atom stereocenters. The van der Waals surface area contributed by atoms with E-state index in [-0.39, 0.29) is 0 Å². The Balaban J connectivity index is 0.000000141. The molecule has 0 bridgehead atoms. The fraction of sp³-hybridized carbons (Fsp3) is 0.0233. The monoisotopic (exact) mass is 1110 g/mol. The summed E-state index contributed by atoms with van der Waals surface area (Å²) in [5, 5.41) is 17.5. The second kappa shape index (κ2) is 21.5. The highest BCUT2D eigenvalue weighted by atomic mass is 16.3. The summed E-state index contributed by atoms with van der Waals surface area (Å²) in [6, 6.07) is 115. The number of furan rings is 1. The van der Waals surface area contributed by atoms with Crippen LogP contribution in [-0.4, -0.2) is 0 Å². The van der Waals surface area contributed by atoms with Crippen LogP contribution in [0.4, 0.5) is 0 Å². The van der Waals surface area contributed by atoms with Gasteiger partial charge in [-0.3, -0.25) is 0 Å². The van der Waals surface area contributed by atoms with Crippen molar-refractivity contribution in [2.75, 3.05) is 0 Å². The van der Waals surface area contributed by atoms with Crippen molar-refractivity contribution in [2.45, 2.75) is 13.8 Å². The van der Waals surface area contributed by atoms with Crippen LogP contribution in [0.25, 0.3) is 164 Å². The number of para-hydroxylation sites is 1. The molecule has 0 fully saturated rings. The fourth-order valence-electron chi connectivity index (χ4n) is 13.9. The molecule has 87 heavy (non-hydrogen) atoms. The molecule has 1 heterocycles. The summed E-state index contributed by atoms with van der Waals surface area (Å²) in [5.74, 6) is 0. The predicted octanol–water partition coefficient (Wildman–Crippen LogP) is 24.5. The minimum absolute atomic E-state index is 0.919. The third-order valence-electron chi connectivity index (χ3n) is 18.0. The molecule has 17 aromatic rings. The Labute approximate surface area is 506 Å². The van der Waals surface area contributed by atoms with E-state index in [0.717, 1.165) is 21.9 Å². The van der Waals surface area contributed by atoms with Gasteiger partial charge in [-0.05, 0) is 198 Å². The molecule has 16 aromatic carbocycles. The Morgan fingerprint density at radius 2 is 0.540 bits per heavy atom. The second-order valence-corrected chi connectivity index (χ2v) is 23.0. The molecular formula is C86H58O. The van der Waals surface area contributed by atoms with Crippen molar-refractivity contribution in [1.29, 1.82) is 0 Å². The van der Waals surface area contributed by atoms with E-state index in [9.17, 15) is 0 Å². The van der Waals surface area contributed by atoms with Crippen LogP contribution in [0.5, 0.6) is 0 Å². The molecule has 0 saturated heterocycles. The average molecular weight is 1110 g/mol. The average Bonchev–Trinajstić information content (AvgIpc) is 1.52. The van der Waals surface area contributed by atoms with Gasteiger partial charge in [0, 0.05) is 10.8 Å². The van der Waals surface area contributed by atoms with Crippen molar-refractivity contribution < 1.29 is 4.42 Å². The van der Waals surface area contributed by atoms with E-state index in [0.29, 0.717) is 0 Å². The first-order valence-corrected chi connectivity index (χ1v) is 30.1. The van der Waals surface area contributed by atoms with E-state index in [1.165, 1.54) is 154 Å². The van der Waals surface area contributed by atoms with E-state index in [2.05, 4.69) is 317 Å². The van der Waals surface area contributed by atoms with Gasteiger partial charge in [0.25, 0.3) is 0 Å². The van der Waals surface area contributed by atoms with Gasteiger partial charge in [0.1, 0.15) is 11.2 Å². The maximum absolute atomic E-state index is 6.11.